The highest BCUT2D eigenvalue weighted by atomic mass is 35.5. The molecule has 208 valence electrons. The van der Waals surface area contributed by atoms with Crippen molar-refractivity contribution in [2.75, 3.05) is 24.0 Å². The number of amides is 2. The van der Waals surface area contributed by atoms with Crippen LogP contribution in [-0.4, -0.2) is 50.9 Å². The van der Waals surface area contributed by atoms with Gasteiger partial charge in [0.05, 0.1) is 17.2 Å². The van der Waals surface area contributed by atoms with Crippen molar-refractivity contribution in [1.82, 2.24) is 10.2 Å². The second-order valence-electron chi connectivity index (χ2n) is 8.61. The number of sulfonamides is 1. The van der Waals surface area contributed by atoms with Crippen LogP contribution in [0.2, 0.25) is 5.02 Å². The maximum Gasteiger partial charge on any atom is 0.264 e. The summed E-state index contributed by atoms with van der Waals surface area (Å²) >= 11 is 6.00. The Morgan fingerprint density at radius 1 is 0.974 bits per heavy atom. The Morgan fingerprint density at radius 2 is 1.59 bits per heavy atom. The number of nitrogens with zero attached hydrogens (tertiary/aromatic N) is 2. The Kier molecular flexibility index (Phi) is 10.3. The number of ether oxygens (including phenoxy) is 1. The molecule has 3 aromatic carbocycles. The molecular formula is C28H31ClFN3O5S. The summed E-state index contributed by atoms with van der Waals surface area (Å²) in [5.41, 5.74) is 0.908. The Labute approximate surface area is 233 Å². The van der Waals surface area contributed by atoms with E-state index in [1.807, 2.05) is 6.92 Å². The van der Waals surface area contributed by atoms with Crippen molar-refractivity contribution < 1.29 is 27.1 Å². The molecule has 2 amide bonds. The lowest BCUT2D eigenvalue weighted by molar-refractivity contribution is -0.139. The summed E-state index contributed by atoms with van der Waals surface area (Å²) in [6, 6.07) is 16.5. The average molecular weight is 576 g/mol. The summed E-state index contributed by atoms with van der Waals surface area (Å²) in [6.45, 7) is 5.39. The molecule has 0 aromatic heterocycles. The van der Waals surface area contributed by atoms with E-state index in [0.717, 1.165) is 28.6 Å². The fourth-order valence-electron chi connectivity index (χ4n) is 3.83. The lowest BCUT2D eigenvalue weighted by Gasteiger charge is -2.32. The summed E-state index contributed by atoms with van der Waals surface area (Å²) in [5.74, 6) is -1.06. The van der Waals surface area contributed by atoms with Crippen molar-refractivity contribution in [1.29, 1.82) is 0 Å². The Bertz CT molecular complexity index is 1370. The number of hydrogen-bond donors (Lipinski definition) is 1. The number of nitrogens with one attached hydrogen (secondary N) is 1. The molecule has 8 nitrogen and oxygen atoms in total. The third-order valence-corrected chi connectivity index (χ3v) is 7.94. The van der Waals surface area contributed by atoms with Gasteiger partial charge in [-0.3, -0.25) is 13.9 Å². The van der Waals surface area contributed by atoms with E-state index in [2.05, 4.69) is 5.32 Å². The molecule has 11 heteroatoms. The molecule has 1 atom stereocenters. The molecule has 0 spiro atoms. The van der Waals surface area contributed by atoms with Gasteiger partial charge in [0.2, 0.25) is 11.8 Å². The van der Waals surface area contributed by atoms with Crippen LogP contribution in [0.5, 0.6) is 5.75 Å². The fraction of sp³-hybridized carbons (Fsp3) is 0.286. The van der Waals surface area contributed by atoms with Crippen LogP contribution in [-0.2, 0) is 26.2 Å². The van der Waals surface area contributed by atoms with E-state index in [4.69, 9.17) is 16.3 Å². The highest BCUT2D eigenvalue weighted by Gasteiger charge is 2.32. The average Bonchev–Trinajstić information content (AvgIpc) is 2.92. The van der Waals surface area contributed by atoms with E-state index in [0.29, 0.717) is 29.5 Å². The van der Waals surface area contributed by atoms with Crippen molar-refractivity contribution in [2.24, 2.45) is 0 Å². The monoisotopic (exact) mass is 575 g/mol. The van der Waals surface area contributed by atoms with Crippen LogP contribution < -0.4 is 14.4 Å². The van der Waals surface area contributed by atoms with Gasteiger partial charge in [0.1, 0.15) is 24.2 Å². The van der Waals surface area contributed by atoms with Gasteiger partial charge in [0, 0.05) is 18.1 Å². The van der Waals surface area contributed by atoms with E-state index in [1.165, 1.54) is 17.0 Å². The molecule has 0 aliphatic rings. The van der Waals surface area contributed by atoms with Gasteiger partial charge < -0.3 is 15.0 Å². The fourth-order valence-corrected chi connectivity index (χ4v) is 5.37. The normalized spacial score (nSPS) is 11.9. The third kappa shape index (κ3) is 7.70. The van der Waals surface area contributed by atoms with Crippen LogP contribution in [0.1, 0.15) is 26.3 Å². The Balaban J connectivity index is 2.02. The second-order valence-corrected chi connectivity index (χ2v) is 10.9. The lowest BCUT2D eigenvalue weighted by Crippen LogP contribution is -2.51. The molecule has 0 aliphatic carbocycles. The summed E-state index contributed by atoms with van der Waals surface area (Å²) in [4.78, 5) is 27.6. The summed E-state index contributed by atoms with van der Waals surface area (Å²) in [7, 11) is -4.30. The van der Waals surface area contributed by atoms with Crippen molar-refractivity contribution in [3.05, 3.63) is 89.2 Å². The zero-order valence-electron chi connectivity index (χ0n) is 21.9. The number of rotatable bonds is 12. The molecule has 0 radical (unpaired) electrons. The number of likely N-dealkylation sites (N-methyl/N-ethyl adjacent to an activating group) is 1. The molecule has 0 saturated carbocycles. The van der Waals surface area contributed by atoms with Gasteiger partial charge >= 0.3 is 0 Å². The van der Waals surface area contributed by atoms with Crippen molar-refractivity contribution in [3.63, 3.8) is 0 Å². The minimum Gasteiger partial charge on any atom is -0.494 e. The summed E-state index contributed by atoms with van der Waals surface area (Å²) in [6.07, 6.45) is 0. The Hall–Kier alpha value is -3.63. The maximum absolute atomic E-state index is 13.8. The number of carbonyl (C=O) groups is 2. The van der Waals surface area contributed by atoms with Gasteiger partial charge in [0.15, 0.2) is 0 Å². The minimum atomic E-state index is -4.30. The molecule has 0 aliphatic heterocycles. The first-order valence-electron chi connectivity index (χ1n) is 12.4. The molecule has 3 rings (SSSR count). The highest BCUT2D eigenvalue weighted by molar-refractivity contribution is 7.92. The van der Waals surface area contributed by atoms with E-state index in [-0.39, 0.29) is 23.0 Å². The van der Waals surface area contributed by atoms with Crippen molar-refractivity contribution in [3.8, 4) is 5.75 Å². The van der Waals surface area contributed by atoms with Gasteiger partial charge in [-0.15, -0.1) is 0 Å². The molecule has 0 bridgehead atoms. The number of carbonyl (C=O) groups excluding carboxylic acids is 2. The van der Waals surface area contributed by atoms with Crippen LogP contribution in [0.3, 0.4) is 0 Å². The topological polar surface area (TPSA) is 96.0 Å². The van der Waals surface area contributed by atoms with Crippen molar-refractivity contribution in [2.45, 2.75) is 38.3 Å². The first kappa shape index (κ1) is 29.9. The SMILES string of the molecule is CCNC(=O)C(C)N(Cc1ccc(Cl)cc1)C(=O)CN(c1ccc(OCC)cc1)S(=O)(=O)c1ccc(F)cc1. The van der Waals surface area contributed by atoms with E-state index < -0.39 is 34.3 Å². The minimum absolute atomic E-state index is 0.0437. The summed E-state index contributed by atoms with van der Waals surface area (Å²) < 4.78 is 47.4. The van der Waals surface area contributed by atoms with Gasteiger partial charge in [0.25, 0.3) is 10.0 Å². The van der Waals surface area contributed by atoms with Crippen LogP contribution in [0.25, 0.3) is 0 Å². The maximum atomic E-state index is 13.8. The van der Waals surface area contributed by atoms with E-state index in [9.17, 15) is 22.4 Å². The van der Waals surface area contributed by atoms with Gasteiger partial charge in [-0.25, -0.2) is 12.8 Å². The predicted octanol–water partition coefficient (Wildman–Crippen LogP) is 4.63. The number of benzene rings is 3. The molecular weight excluding hydrogens is 545 g/mol. The number of anilines is 1. The zero-order chi connectivity index (χ0) is 28.6. The smallest absolute Gasteiger partial charge is 0.264 e. The van der Waals surface area contributed by atoms with Gasteiger partial charge in [-0.05, 0) is 87.0 Å². The quantitative estimate of drug-likeness (QED) is 0.340. The number of hydrogen-bond acceptors (Lipinski definition) is 5. The van der Waals surface area contributed by atoms with E-state index >= 15 is 0 Å². The van der Waals surface area contributed by atoms with Crippen molar-refractivity contribution >= 4 is 39.1 Å². The van der Waals surface area contributed by atoms with Gasteiger partial charge in [-0.2, -0.15) is 0 Å². The standard InChI is InChI=1S/C28H31ClFN3O5S/c1-4-31-28(35)20(3)32(18-21-6-8-22(29)9-7-21)27(34)19-33(24-12-14-25(15-13-24)38-5-2)39(36,37)26-16-10-23(30)11-17-26/h6-17,20H,4-5,18-19H2,1-3H3,(H,31,35). The van der Waals surface area contributed by atoms with Crippen LogP contribution in [0.4, 0.5) is 10.1 Å². The van der Waals surface area contributed by atoms with E-state index in [1.54, 1.807) is 50.2 Å². The molecule has 0 heterocycles. The first-order chi connectivity index (χ1) is 18.6. The Morgan fingerprint density at radius 3 is 2.15 bits per heavy atom. The molecule has 3 aromatic rings. The lowest BCUT2D eigenvalue weighted by atomic mass is 10.1. The molecule has 39 heavy (non-hydrogen) atoms. The van der Waals surface area contributed by atoms with Crippen LogP contribution in [0.15, 0.2) is 77.7 Å². The second kappa shape index (κ2) is 13.4. The third-order valence-electron chi connectivity index (χ3n) is 5.90. The predicted molar refractivity (Wildman–Crippen MR) is 149 cm³/mol. The molecule has 1 unspecified atom stereocenters. The van der Waals surface area contributed by atoms with Crippen LogP contribution >= 0.6 is 11.6 Å². The highest BCUT2D eigenvalue weighted by Crippen LogP contribution is 2.27. The largest absolute Gasteiger partial charge is 0.494 e. The molecule has 1 N–H and O–H groups in total. The first-order valence-corrected chi connectivity index (χ1v) is 14.2. The molecule has 0 saturated heterocycles. The number of halogens is 2. The summed E-state index contributed by atoms with van der Waals surface area (Å²) in [5, 5.41) is 3.22. The van der Waals surface area contributed by atoms with Gasteiger partial charge in [-0.1, -0.05) is 23.7 Å². The van der Waals surface area contributed by atoms with Crippen LogP contribution in [0, 0.1) is 5.82 Å². The molecule has 0 fully saturated rings. The zero-order valence-corrected chi connectivity index (χ0v) is 23.5.